The quantitative estimate of drug-likeness (QED) is 0.323. The molecule has 7 heteroatoms. The standard InChI is InChI=1S/C30H40N2O5/c1-22(2)18-27(28(34)36-20-24-14-10-7-11-15-24)31-21-32(29(35)37-30(3,4)5)26(25(31)16-17-33)19-23-12-8-6-9-13-23/h6-15,17,22,25-27H,16,18-21H2,1-5H3/t25-,26-,27-/m0/s1. The highest BCUT2D eigenvalue weighted by Gasteiger charge is 2.48. The van der Waals surface area contributed by atoms with Gasteiger partial charge in [0.15, 0.2) is 0 Å². The first-order valence-corrected chi connectivity index (χ1v) is 13.0. The molecule has 0 radical (unpaired) electrons. The minimum absolute atomic E-state index is 0.170. The van der Waals surface area contributed by atoms with Crippen molar-refractivity contribution in [2.24, 2.45) is 5.92 Å². The summed E-state index contributed by atoms with van der Waals surface area (Å²) in [5.74, 6) is -0.146. The van der Waals surface area contributed by atoms with Gasteiger partial charge in [0, 0.05) is 12.5 Å². The fourth-order valence-corrected chi connectivity index (χ4v) is 4.79. The predicted molar refractivity (Wildman–Crippen MR) is 143 cm³/mol. The van der Waals surface area contributed by atoms with Gasteiger partial charge >= 0.3 is 12.1 Å². The SMILES string of the molecule is CC(C)C[C@@H](C(=O)OCc1ccccc1)N1CN(C(=O)OC(C)(C)C)[C@@H](Cc2ccccc2)[C@@H]1CC=O. The van der Waals surface area contributed by atoms with E-state index in [4.69, 9.17) is 9.47 Å². The summed E-state index contributed by atoms with van der Waals surface area (Å²) in [4.78, 5) is 42.3. The van der Waals surface area contributed by atoms with Crippen LogP contribution in [0.4, 0.5) is 4.79 Å². The molecule has 3 rings (SSSR count). The highest BCUT2D eigenvalue weighted by Crippen LogP contribution is 2.32. The highest BCUT2D eigenvalue weighted by atomic mass is 16.6. The second-order valence-corrected chi connectivity index (χ2v) is 11.1. The van der Waals surface area contributed by atoms with E-state index in [9.17, 15) is 14.4 Å². The molecular formula is C30H40N2O5. The Hall–Kier alpha value is -3.19. The molecule has 37 heavy (non-hydrogen) atoms. The fourth-order valence-electron chi connectivity index (χ4n) is 4.79. The minimum Gasteiger partial charge on any atom is -0.460 e. The third kappa shape index (κ3) is 8.15. The smallest absolute Gasteiger partial charge is 0.411 e. The average molecular weight is 509 g/mol. The van der Waals surface area contributed by atoms with Gasteiger partial charge in [0.05, 0.1) is 12.7 Å². The summed E-state index contributed by atoms with van der Waals surface area (Å²) in [7, 11) is 0. The molecule has 3 atom stereocenters. The third-order valence-electron chi connectivity index (χ3n) is 6.43. The number of aldehydes is 1. The van der Waals surface area contributed by atoms with Crippen LogP contribution in [0.2, 0.25) is 0 Å². The predicted octanol–water partition coefficient (Wildman–Crippen LogP) is 5.22. The van der Waals surface area contributed by atoms with Crippen molar-refractivity contribution in [1.29, 1.82) is 0 Å². The Labute approximate surface area is 220 Å². The van der Waals surface area contributed by atoms with Gasteiger partial charge in [0.1, 0.15) is 24.5 Å². The van der Waals surface area contributed by atoms with Gasteiger partial charge in [-0.3, -0.25) is 14.6 Å². The van der Waals surface area contributed by atoms with E-state index in [1.165, 1.54) is 0 Å². The van der Waals surface area contributed by atoms with Gasteiger partial charge < -0.3 is 14.3 Å². The van der Waals surface area contributed by atoms with Gasteiger partial charge in [-0.1, -0.05) is 74.5 Å². The molecule has 0 N–H and O–H groups in total. The number of rotatable bonds is 10. The Morgan fingerprint density at radius 1 is 0.973 bits per heavy atom. The lowest BCUT2D eigenvalue weighted by Gasteiger charge is -2.32. The summed E-state index contributed by atoms with van der Waals surface area (Å²) in [6, 6.07) is 18.1. The first-order valence-electron chi connectivity index (χ1n) is 13.0. The molecule has 200 valence electrons. The largest absolute Gasteiger partial charge is 0.460 e. The van der Waals surface area contributed by atoms with Gasteiger partial charge in [-0.15, -0.1) is 0 Å². The van der Waals surface area contributed by atoms with Crippen molar-refractivity contribution in [1.82, 2.24) is 9.80 Å². The van der Waals surface area contributed by atoms with E-state index in [0.717, 1.165) is 17.4 Å². The molecule has 0 aromatic heterocycles. The number of benzene rings is 2. The number of carbonyl (C=O) groups excluding carboxylic acids is 3. The maximum Gasteiger partial charge on any atom is 0.411 e. The van der Waals surface area contributed by atoms with Crippen LogP contribution in [-0.4, -0.2) is 58.5 Å². The molecule has 0 spiro atoms. The van der Waals surface area contributed by atoms with E-state index in [1.54, 1.807) is 4.90 Å². The maximum atomic E-state index is 13.5. The van der Waals surface area contributed by atoms with Crippen molar-refractivity contribution < 1.29 is 23.9 Å². The van der Waals surface area contributed by atoms with Crippen LogP contribution in [0.25, 0.3) is 0 Å². The van der Waals surface area contributed by atoms with Crippen LogP contribution in [-0.2, 0) is 32.1 Å². The van der Waals surface area contributed by atoms with Gasteiger partial charge in [0.2, 0.25) is 0 Å². The van der Waals surface area contributed by atoms with Gasteiger partial charge in [-0.25, -0.2) is 4.79 Å². The Morgan fingerprint density at radius 3 is 2.11 bits per heavy atom. The molecule has 1 amide bonds. The molecule has 1 aliphatic heterocycles. The van der Waals surface area contributed by atoms with Gasteiger partial charge in [-0.2, -0.15) is 0 Å². The molecule has 0 aliphatic carbocycles. The monoisotopic (exact) mass is 508 g/mol. The number of nitrogens with zero attached hydrogens (tertiary/aromatic N) is 2. The molecule has 0 bridgehead atoms. The maximum absolute atomic E-state index is 13.5. The van der Waals surface area contributed by atoms with Crippen molar-refractivity contribution in [2.45, 2.75) is 84.2 Å². The highest BCUT2D eigenvalue weighted by molar-refractivity contribution is 5.76. The zero-order chi connectivity index (χ0) is 27.0. The van der Waals surface area contributed by atoms with Gasteiger partial charge in [-0.05, 0) is 50.7 Å². The van der Waals surface area contributed by atoms with Crippen LogP contribution >= 0.6 is 0 Å². The topological polar surface area (TPSA) is 76.2 Å². The lowest BCUT2D eigenvalue weighted by Crippen LogP contribution is -2.48. The van der Waals surface area contributed by atoms with E-state index in [2.05, 4.69) is 13.8 Å². The number of ether oxygens (including phenoxy) is 2. The van der Waals surface area contributed by atoms with Crippen molar-refractivity contribution in [2.75, 3.05) is 6.67 Å². The second-order valence-electron chi connectivity index (χ2n) is 11.1. The van der Waals surface area contributed by atoms with E-state index < -0.39 is 17.7 Å². The molecule has 1 fully saturated rings. The first kappa shape index (κ1) is 28.4. The zero-order valence-corrected chi connectivity index (χ0v) is 22.6. The van der Waals surface area contributed by atoms with E-state index in [0.29, 0.717) is 12.8 Å². The Bertz CT molecular complexity index is 1020. The Morgan fingerprint density at radius 2 is 1.57 bits per heavy atom. The summed E-state index contributed by atoms with van der Waals surface area (Å²) in [5.41, 5.74) is 1.28. The second kappa shape index (κ2) is 12.9. The van der Waals surface area contributed by atoms with Crippen LogP contribution in [0.3, 0.4) is 0 Å². The van der Waals surface area contributed by atoms with E-state index in [-0.39, 0.29) is 43.7 Å². The number of esters is 1. The lowest BCUT2D eigenvalue weighted by atomic mass is 9.95. The van der Waals surface area contributed by atoms with E-state index >= 15 is 0 Å². The molecule has 2 aromatic carbocycles. The summed E-state index contributed by atoms with van der Waals surface area (Å²) >= 11 is 0. The van der Waals surface area contributed by atoms with Crippen LogP contribution < -0.4 is 0 Å². The van der Waals surface area contributed by atoms with Crippen molar-refractivity contribution in [3.63, 3.8) is 0 Å². The van der Waals surface area contributed by atoms with E-state index in [1.807, 2.05) is 86.3 Å². The minimum atomic E-state index is -0.673. The number of carbonyl (C=O) groups is 3. The number of amides is 1. The molecule has 7 nitrogen and oxygen atoms in total. The molecule has 1 saturated heterocycles. The van der Waals surface area contributed by atoms with Gasteiger partial charge in [0.25, 0.3) is 0 Å². The van der Waals surface area contributed by atoms with Crippen molar-refractivity contribution in [3.8, 4) is 0 Å². The number of hydrogen-bond acceptors (Lipinski definition) is 6. The molecule has 1 aliphatic rings. The third-order valence-corrected chi connectivity index (χ3v) is 6.43. The van der Waals surface area contributed by atoms with Crippen LogP contribution in [0.5, 0.6) is 0 Å². The van der Waals surface area contributed by atoms with Crippen molar-refractivity contribution >= 4 is 18.3 Å². The molecule has 0 saturated carbocycles. The normalized spacial score (nSPS) is 19.0. The molecular weight excluding hydrogens is 468 g/mol. The van der Waals surface area contributed by atoms with Crippen LogP contribution in [0, 0.1) is 5.92 Å². The molecule has 1 heterocycles. The average Bonchev–Trinajstić information content (AvgIpc) is 3.19. The Balaban J connectivity index is 1.92. The summed E-state index contributed by atoms with van der Waals surface area (Å²) in [5, 5.41) is 0. The number of hydrogen-bond donors (Lipinski definition) is 0. The first-order chi connectivity index (χ1) is 17.6. The fraction of sp³-hybridized carbons (Fsp3) is 0.500. The molecule has 0 unspecified atom stereocenters. The zero-order valence-electron chi connectivity index (χ0n) is 22.6. The summed E-state index contributed by atoms with van der Waals surface area (Å²) in [6.45, 7) is 9.94. The van der Waals surface area contributed by atoms with Crippen molar-refractivity contribution in [3.05, 3.63) is 71.8 Å². The van der Waals surface area contributed by atoms with Crippen LogP contribution in [0.15, 0.2) is 60.7 Å². The molecule has 2 aromatic rings. The lowest BCUT2D eigenvalue weighted by molar-refractivity contribution is -0.153. The summed E-state index contributed by atoms with van der Waals surface area (Å²) in [6.07, 6.45) is 1.70. The Kier molecular flexibility index (Phi) is 9.86. The van der Waals surface area contributed by atoms with Crippen LogP contribution in [0.1, 0.15) is 58.6 Å². The summed E-state index contributed by atoms with van der Waals surface area (Å²) < 4.78 is 11.5.